The van der Waals surface area contributed by atoms with E-state index in [-0.39, 0.29) is 13.0 Å². The molecule has 0 fully saturated rings. The number of aliphatic carboxylic acids is 1. The quantitative estimate of drug-likeness (QED) is 0.419. The molecule has 9 heteroatoms. The standard InChI is InChI=1S/C25H18FN3O5/c26-19-7-4-15(5-8-19)11-21(24(30)31)29-25(32)33-14-17-6-9-22-20(12-17)28-23(34-22)18-3-1-2-16(10-18)13-27/h1-10,12,21H,11,14H2,(H,29,32)(H,30,31). The van der Waals surface area contributed by atoms with Gasteiger partial charge < -0.3 is 19.6 Å². The predicted octanol–water partition coefficient (Wildman–Crippen LogP) is 4.43. The van der Waals surface area contributed by atoms with Crippen LogP contribution in [-0.2, 0) is 22.6 Å². The highest BCUT2D eigenvalue weighted by Gasteiger charge is 2.21. The molecule has 1 amide bonds. The van der Waals surface area contributed by atoms with Crippen molar-refractivity contribution in [3.63, 3.8) is 0 Å². The molecule has 3 aromatic carbocycles. The first-order valence-electron chi connectivity index (χ1n) is 10.2. The average Bonchev–Trinajstić information content (AvgIpc) is 3.27. The number of nitriles is 1. The van der Waals surface area contributed by atoms with Crippen molar-refractivity contribution in [2.45, 2.75) is 19.1 Å². The van der Waals surface area contributed by atoms with E-state index >= 15 is 0 Å². The van der Waals surface area contributed by atoms with Crippen LogP contribution in [0.2, 0.25) is 0 Å². The summed E-state index contributed by atoms with van der Waals surface area (Å²) in [5.41, 5.74) is 3.39. The largest absolute Gasteiger partial charge is 0.480 e. The van der Waals surface area contributed by atoms with Crippen LogP contribution >= 0.6 is 0 Å². The zero-order chi connectivity index (χ0) is 24.1. The van der Waals surface area contributed by atoms with E-state index in [4.69, 9.17) is 14.4 Å². The van der Waals surface area contributed by atoms with Crippen LogP contribution < -0.4 is 5.32 Å². The van der Waals surface area contributed by atoms with Gasteiger partial charge in [-0.2, -0.15) is 5.26 Å². The van der Waals surface area contributed by atoms with Gasteiger partial charge in [0.1, 0.15) is 24.0 Å². The minimum absolute atomic E-state index is 0.0224. The van der Waals surface area contributed by atoms with Crippen molar-refractivity contribution in [1.29, 1.82) is 5.26 Å². The number of aromatic nitrogens is 1. The first-order chi connectivity index (χ1) is 16.4. The molecule has 2 N–H and O–H groups in total. The number of carbonyl (C=O) groups is 2. The third-order valence-corrected chi connectivity index (χ3v) is 5.00. The van der Waals surface area contributed by atoms with Crippen LogP contribution in [0.5, 0.6) is 0 Å². The van der Waals surface area contributed by atoms with E-state index in [0.717, 1.165) is 0 Å². The van der Waals surface area contributed by atoms with Crippen LogP contribution in [0.4, 0.5) is 9.18 Å². The van der Waals surface area contributed by atoms with E-state index in [0.29, 0.717) is 39.2 Å². The molecule has 0 saturated carbocycles. The maximum Gasteiger partial charge on any atom is 0.408 e. The number of amides is 1. The van der Waals surface area contributed by atoms with Crippen molar-refractivity contribution in [1.82, 2.24) is 10.3 Å². The summed E-state index contributed by atoms with van der Waals surface area (Å²) in [6.07, 6.45) is -0.922. The van der Waals surface area contributed by atoms with E-state index in [9.17, 15) is 19.1 Å². The fourth-order valence-electron chi connectivity index (χ4n) is 3.30. The van der Waals surface area contributed by atoms with E-state index in [1.54, 1.807) is 42.5 Å². The molecule has 0 radical (unpaired) electrons. The Kier molecular flexibility index (Phi) is 6.50. The van der Waals surface area contributed by atoms with Gasteiger partial charge in [0, 0.05) is 12.0 Å². The lowest BCUT2D eigenvalue weighted by Crippen LogP contribution is -2.42. The molecule has 0 spiro atoms. The number of nitrogens with zero attached hydrogens (tertiary/aromatic N) is 2. The maximum atomic E-state index is 13.0. The lowest BCUT2D eigenvalue weighted by atomic mass is 10.1. The van der Waals surface area contributed by atoms with Gasteiger partial charge in [0.15, 0.2) is 5.58 Å². The number of carbonyl (C=O) groups excluding carboxylic acids is 1. The molecular formula is C25H18FN3O5. The van der Waals surface area contributed by atoms with Gasteiger partial charge in [-0.05, 0) is 53.6 Å². The van der Waals surface area contributed by atoms with Crippen LogP contribution in [0.1, 0.15) is 16.7 Å². The van der Waals surface area contributed by atoms with E-state index in [1.807, 2.05) is 0 Å². The molecule has 34 heavy (non-hydrogen) atoms. The van der Waals surface area contributed by atoms with Crippen LogP contribution in [-0.4, -0.2) is 28.2 Å². The number of halogens is 1. The fraction of sp³-hybridized carbons (Fsp3) is 0.120. The number of carboxylic acid groups (broad SMARTS) is 1. The molecule has 0 saturated heterocycles. The highest BCUT2D eigenvalue weighted by atomic mass is 19.1. The Bertz CT molecular complexity index is 1390. The smallest absolute Gasteiger partial charge is 0.408 e. The third kappa shape index (κ3) is 5.37. The number of oxazole rings is 1. The minimum Gasteiger partial charge on any atom is -0.480 e. The number of benzene rings is 3. The molecule has 0 aliphatic heterocycles. The Morgan fingerprint density at radius 1 is 1.12 bits per heavy atom. The lowest BCUT2D eigenvalue weighted by molar-refractivity contribution is -0.139. The molecule has 1 unspecified atom stereocenters. The van der Waals surface area contributed by atoms with Gasteiger partial charge in [0.2, 0.25) is 5.89 Å². The molecule has 1 atom stereocenters. The maximum absolute atomic E-state index is 13.0. The number of fused-ring (bicyclic) bond motifs is 1. The summed E-state index contributed by atoms with van der Waals surface area (Å²) in [6.45, 7) is -0.114. The second kappa shape index (κ2) is 9.83. The van der Waals surface area contributed by atoms with Crippen molar-refractivity contribution >= 4 is 23.2 Å². The van der Waals surface area contributed by atoms with Gasteiger partial charge in [-0.25, -0.2) is 19.0 Å². The Morgan fingerprint density at radius 2 is 1.88 bits per heavy atom. The van der Waals surface area contributed by atoms with E-state index < -0.39 is 23.9 Å². The van der Waals surface area contributed by atoms with Gasteiger partial charge in [0.25, 0.3) is 0 Å². The Labute approximate surface area is 193 Å². The molecule has 8 nitrogen and oxygen atoms in total. The second-order valence-corrected chi connectivity index (χ2v) is 7.46. The van der Waals surface area contributed by atoms with Crippen molar-refractivity contribution in [2.75, 3.05) is 0 Å². The van der Waals surface area contributed by atoms with E-state index in [2.05, 4.69) is 16.4 Å². The summed E-state index contributed by atoms with van der Waals surface area (Å²) < 4.78 is 24.0. The first kappa shape index (κ1) is 22.5. The number of hydrogen-bond acceptors (Lipinski definition) is 6. The molecule has 0 bridgehead atoms. The molecule has 170 valence electrons. The molecule has 1 heterocycles. The van der Waals surface area contributed by atoms with Gasteiger partial charge >= 0.3 is 12.1 Å². The lowest BCUT2D eigenvalue weighted by Gasteiger charge is -2.14. The first-order valence-corrected chi connectivity index (χ1v) is 10.2. The number of hydrogen-bond donors (Lipinski definition) is 2. The molecule has 4 rings (SSSR count). The third-order valence-electron chi connectivity index (χ3n) is 5.00. The predicted molar refractivity (Wildman–Crippen MR) is 119 cm³/mol. The average molecular weight is 459 g/mol. The Morgan fingerprint density at radius 3 is 2.62 bits per heavy atom. The molecular weight excluding hydrogens is 441 g/mol. The monoisotopic (exact) mass is 459 g/mol. The van der Waals surface area contributed by atoms with Crippen LogP contribution in [0.3, 0.4) is 0 Å². The highest BCUT2D eigenvalue weighted by molar-refractivity contribution is 5.80. The second-order valence-electron chi connectivity index (χ2n) is 7.46. The zero-order valence-corrected chi connectivity index (χ0v) is 17.7. The number of alkyl carbamates (subject to hydrolysis) is 1. The molecule has 0 aliphatic rings. The van der Waals surface area contributed by atoms with Crippen molar-refractivity contribution in [2.24, 2.45) is 0 Å². The van der Waals surface area contributed by atoms with Crippen molar-refractivity contribution < 1.29 is 28.2 Å². The minimum atomic E-state index is -1.24. The topological polar surface area (TPSA) is 125 Å². The zero-order valence-electron chi connectivity index (χ0n) is 17.7. The van der Waals surface area contributed by atoms with Gasteiger partial charge in [-0.1, -0.05) is 24.3 Å². The summed E-state index contributed by atoms with van der Waals surface area (Å²) in [5.74, 6) is -1.32. The normalized spacial score (nSPS) is 11.5. The summed E-state index contributed by atoms with van der Waals surface area (Å²) >= 11 is 0. The molecule has 0 aliphatic carbocycles. The number of ether oxygens (including phenoxy) is 1. The van der Waals surface area contributed by atoms with E-state index in [1.165, 1.54) is 24.3 Å². The summed E-state index contributed by atoms with van der Waals surface area (Å²) in [4.78, 5) is 28.1. The van der Waals surface area contributed by atoms with Gasteiger partial charge in [-0.3, -0.25) is 0 Å². The van der Waals surface area contributed by atoms with Gasteiger partial charge in [-0.15, -0.1) is 0 Å². The summed E-state index contributed by atoms with van der Waals surface area (Å²) in [5, 5.41) is 20.8. The van der Waals surface area contributed by atoms with Crippen LogP contribution in [0, 0.1) is 17.1 Å². The van der Waals surface area contributed by atoms with Crippen LogP contribution in [0.15, 0.2) is 71.1 Å². The molecule has 1 aromatic heterocycles. The van der Waals surface area contributed by atoms with Crippen molar-refractivity contribution in [3.8, 4) is 17.5 Å². The number of carboxylic acids is 1. The Balaban J connectivity index is 1.40. The molecule has 4 aromatic rings. The fourth-order valence-corrected chi connectivity index (χ4v) is 3.30. The summed E-state index contributed by atoms with van der Waals surface area (Å²) in [6, 6.07) is 18.1. The van der Waals surface area contributed by atoms with Crippen LogP contribution in [0.25, 0.3) is 22.6 Å². The van der Waals surface area contributed by atoms with Gasteiger partial charge in [0.05, 0.1) is 11.6 Å². The Hall–Kier alpha value is -4.71. The van der Waals surface area contributed by atoms with Crippen molar-refractivity contribution in [3.05, 3.63) is 89.2 Å². The summed E-state index contributed by atoms with van der Waals surface area (Å²) in [7, 11) is 0. The number of nitrogens with one attached hydrogen (secondary N) is 1. The number of rotatable bonds is 7. The SMILES string of the molecule is N#Cc1cccc(-c2nc3cc(COC(=O)NC(Cc4ccc(F)cc4)C(=O)O)ccc3o2)c1. The highest BCUT2D eigenvalue weighted by Crippen LogP contribution is 2.25.